The third-order valence-corrected chi connectivity index (χ3v) is 1.89. The van der Waals surface area contributed by atoms with Crippen molar-refractivity contribution in [2.24, 2.45) is 0 Å². The summed E-state index contributed by atoms with van der Waals surface area (Å²) in [5.74, 6) is 0. The first-order valence-corrected chi connectivity index (χ1v) is 4.27. The van der Waals surface area contributed by atoms with Crippen LogP contribution in [0.25, 0.3) is 5.57 Å². The zero-order chi connectivity index (χ0) is 9.10. The van der Waals surface area contributed by atoms with Crippen molar-refractivity contribution >= 4 is 17.2 Å². The molecule has 3 heteroatoms. The summed E-state index contributed by atoms with van der Waals surface area (Å²) in [5.41, 5.74) is 1.75. The molecule has 1 radical (unpaired) electrons. The van der Waals surface area contributed by atoms with E-state index >= 15 is 0 Å². The van der Waals surface area contributed by atoms with Crippen LogP contribution in [0.1, 0.15) is 5.69 Å². The monoisotopic (exact) mass is 192 g/mol. The normalized spacial score (nSPS) is 15.0. The standard InChI is InChI=1S/C10H7ClNO/c11-10-3-1-2-9(12-10)8-4-6-13-7-5-8/h1,3-6H,7H2. The van der Waals surface area contributed by atoms with Gasteiger partial charge in [0.1, 0.15) is 11.8 Å². The summed E-state index contributed by atoms with van der Waals surface area (Å²) in [6.45, 7) is 0.577. The lowest BCUT2D eigenvalue weighted by molar-refractivity contribution is 0.287. The Morgan fingerprint density at radius 2 is 2.46 bits per heavy atom. The molecule has 13 heavy (non-hydrogen) atoms. The van der Waals surface area contributed by atoms with Crippen LogP contribution < -0.4 is 0 Å². The first-order chi connectivity index (χ1) is 6.36. The first kappa shape index (κ1) is 8.32. The van der Waals surface area contributed by atoms with Crippen LogP contribution in [-0.4, -0.2) is 11.6 Å². The summed E-state index contributed by atoms with van der Waals surface area (Å²) < 4.78 is 5.02. The van der Waals surface area contributed by atoms with Crippen LogP contribution in [-0.2, 0) is 4.74 Å². The van der Waals surface area contributed by atoms with Crippen molar-refractivity contribution in [1.29, 1.82) is 0 Å². The van der Waals surface area contributed by atoms with Crippen molar-refractivity contribution in [3.05, 3.63) is 47.5 Å². The van der Waals surface area contributed by atoms with Gasteiger partial charge in [0, 0.05) is 11.6 Å². The van der Waals surface area contributed by atoms with Gasteiger partial charge in [0.05, 0.1) is 12.0 Å². The van der Waals surface area contributed by atoms with Gasteiger partial charge in [0.15, 0.2) is 0 Å². The molecule has 0 saturated heterocycles. The summed E-state index contributed by atoms with van der Waals surface area (Å²) in [5, 5.41) is 0.481. The van der Waals surface area contributed by atoms with Gasteiger partial charge in [-0.3, -0.25) is 0 Å². The molecule has 0 spiro atoms. The van der Waals surface area contributed by atoms with E-state index in [1.807, 2.05) is 12.2 Å². The number of pyridine rings is 1. The lowest BCUT2D eigenvalue weighted by Crippen LogP contribution is -1.94. The maximum absolute atomic E-state index is 5.75. The van der Waals surface area contributed by atoms with E-state index in [1.54, 1.807) is 18.4 Å². The van der Waals surface area contributed by atoms with Crippen LogP contribution in [0.2, 0.25) is 5.15 Å². The highest BCUT2D eigenvalue weighted by atomic mass is 35.5. The van der Waals surface area contributed by atoms with E-state index in [1.165, 1.54) is 0 Å². The lowest BCUT2D eigenvalue weighted by atomic mass is 10.1. The largest absolute Gasteiger partial charge is 0.497 e. The number of hydrogen-bond acceptors (Lipinski definition) is 2. The van der Waals surface area contributed by atoms with E-state index in [9.17, 15) is 0 Å². The number of halogens is 1. The predicted molar refractivity (Wildman–Crippen MR) is 51.2 cm³/mol. The van der Waals surface area contributed by atoms with Crippen LogP contribution >= 0.6 is 11.6 Å². The predicted octanol–water partition coefficient (Wildman–Crippen LogP) is 2.46. The number of nitrogens with zero attached hydrogens (tertiary/aromatic N) is 1. The third kappa shape index (κ3) is 1.90. The molecule has 1 aliphatic rings. The second-order valence-electron chi connectivity index (χ2n) is 2.56. The van der Waals surface area contributed by atoms with Crippen molar-refractivity contribution < 1.29 is 4.74 Å². The van der Waals surface area contributed by atoms with Gasteiger partial charge in [-0.1, -0.05) is 11.6 Å². The second kappa shape index (κ2) is 3.62. The topological polar surface area (TPSA) is 22.1 Å². The number of ether oxygens (including phenoxy) is 1. The fourth-order valence-corrected chi connectivity index (χ4v) is 1.22. The van der Waals surface area contributed by atoms with Crippen LogP contribution in [0.3, 0.4) is 0 Å². The van der Waals surface area contributed by atoms with Gasteiger partial charge >= 0.3 is 0 Å². The number of aromatic nitrogens is 1. The summed E-state index contributed by atoms with van der Waals surface area (Å²) in [4.78, 5) is 4.13. The fraction of sp³-hybridized carbons (Fsp3) is 0.100. The highest BCUT2D eigenvalue weighted by Crippen LogP contribution is 2.17. The zero-order valence-corrected chi connectivity index (χ0v) is 7.58. The molecule has 0 aromatic carbocycles. The van der Waals surface area contributed by atoms with E-state index in [-0.39, 0.29) is 0 Å². The second-order valence-corrected chi connectivity index (χ2v) is 2.94. The Bertz CT molecular complexity index is 371. The maximum Gasteiger partial charge on any atom is 0.129 e. The van der Waals surface area contributed by atoms with E-state index in [0.29, 0.717) is 11.8 Å². The van der Waals surface area contributed by atoms with Gasteiger partial charge < -0.3 is 4.74 Å². The Hall–Kier alpha value is -1.28. The minimum absolute atomic E-state index is 0.481. The summed E-state index contributed by atoms with van der Waals surface area (Å²) >= 11 is 5.75. The Morgan fingerprint density at radius 3 is 3.15 bits per heavy atom. The molecular weight excluding hydrogens is 186 g/mol. The van der Waals surface area contributed by atoms with Crippen LogP contribution in [0.4, 0.5) is 0 Å². The van der Waals surface area contributed by atoms with Crippen LogP contribution in [0.15, 0.2) is 30.5 Å². The molecule has 1 aromatic rings. The van der Waals surface area contributed by atoms with E-state index in [4.69, 9.17) is 16.3 Å². The van der Waals surface area contributed by atoms with Crippen molar-refractivity contribution in [2.45, 2.75) is 0 Å². The lowest BCUT2D eigenvalue weighted by Gasteiger charge is -2.06. The van der Waals surface area contributed by atoms with Gasteiger partial charge in [0.25, 0.3) is 0 Å². The molecule has 1 aromatic heterocycles. The highest BCUT2D eigenvalue weighted by molar-refractivity contribution is 6.29. The van der Waals surface area contributed by atoms with Crippen molar-refractivity contribution in [3.8, 4) is 0 Å². The molecule has 0 bridgehead atoms. The molecule has 2 heterocycles. The average molecular weight is 193 g/mol. The van der Waals surface area contributed by atoms with Gasteiger partial charge in [-0.2, -0.15) is 0 Å². The molecule has 65 valence electrons. The van der Waals surface area contributed by atoms with Crippen molar-refractivity contribution in [1.82, 2.24) is 4.98 Å². The van der Waals surface area contributed by atoms with E-state index in [0.717, 1.165) is 11.3 Å². The molecule has 0 saturated carbocycles. The molecule has 0 amide bonds. The van der Waals surface area contributed by atoms with Gasteiger partial charge in [-0.05, 0) is 24.3 Å². The molecule has 2 nitrogen and oxygen atoms in total. The summed E-state index contributed by atoms with van der Waals surface area (Å²) in [7, 11) is 0. The minimum Gasteiger partial charge on any atom is -0.497 e. The smallest absolute Gasteiger partial charge is 0.129 e. The maximum atomic E-state index is 5.75. The van der Waals surface area contributed by atoms with E-state index < -0.39 is 0 Å². The number of allylic oxidation sites excluding steroid dienone is 2. The molecule has 0 aliphatic carbocycles. The zero-order valence-electron chi connectivity index (χ0n) is 6.83. The molecule has 2 rings (SSSR count). The molecule has 1 aliphatic heterocycles. The summed E-state index contributed by atoms with van der Waals surface area (Å²) in [6, 6.07) is 6.47. The Balaban J connectivity index is 2.35. The van der Waals surface area contributed by atoms with Crippen LogP contribution in [0.5, 0.6) is 0 Å². The molecule has 0 unspecified atom stereocenters. The first-order valence-electron chi connectivity index (χ1n) is 3.89. The van der Waals surface area contributed by atoms with Gasteiger partial charge in [-0.15, -0.1) is 0 Å². The fourth-order valence-electron chi connectivity index (χ4n) is 1.07. The van der Waals surface area contributed by atoms with Crippen molar-refractivity contribution in [2.75, 3.05) is 6.61 Å². The van der Waals surface area contributed by atoms with Crippen LogP contribution in [0, 0.1) is 6.07 Å². The highest BCUT2D eigenvalue weighted by Gasteiger charge is 2.03. The minimum atomic E-state index is 0.481. The molecular formula is C10H7ClNO. The molecule has 0 N–H and O–H groups in total. The third-order valence-electron chi connectivity index (χ3n) is 1.68. The van der Waals surface area contributed by atoms with Gasteiger partial charge in [-0.25, -0.2) is 4.98 Å². The molecule has 0 fully saturated rings. The number of rotatable bonds is 1. The Labute approximate surface area is 81.5 Å². The quantitative estimate of drug-likeness (QED) is 0.638. The van der Waals surface area contributed by atoms with E-state index in [2.05, 4.69) is 11.1 Å². The Morgan fingerprint density at radius 1 is 1.54 bits per heavy atom. The molecule has 0 atom stereocenters. The number of hydrogen-bond donors (Lipinski definition) is 0. The average Bonchev–Trinajstić information content (AvgIpc) is 2.19. The SMILES string of the molecule is Clc1cc[c]c(C2=CCOC=C2)n1. The van der Waals surface area contributed by atoms with Gasteiger partial charge in [0.2, 0.25) is 0 Å². The summed E-state index contributed by atoms with van der Waals surface area (Å²) in [6.07, 6.45) is 5.43. The van der Waals surface area contributed by atoms with Crippen molar-refractivity contribution in [3.63, 3.8) is 0 Å². The Kier molecular flexibility index (Phi) is 2.32.